The summed E-state index contributed by atoms with van der Waals surface area (Å²) in [4.78, 5) is 36.2. The highest BCUT2D eigenvalue weighted by molar-refractivity contribution is 6.23. The minimum Gasteiger partial charge on any atom is -0.421 e. The fourth-order valence-corrected chi connectivity index (χ4v) is 2.84. The Kier molecular flexibility index (Phi) is 3.43. The van der Waals surface area contributed by atoms with Crippen molar-refractivity contribution in [1.82, 2.24) is 20.1 Å². The van der Waals surface area contributed by atoms with Gasteiger partial charge in [0.2, 0.25) is 11.8 Å². The third-order valence-corrected chi connectivity index (χ3v) is 4.07. The van der Waals surface area contributed by atoms with Crippen LogP contribution in [-0.2, 0) is 6.42 Å². The number of aryl methyl sites for hydroxylation is 1. The van der Waals surface area contributed by atoms with E-state index in [0.29, 0.717) is 29.5 Å². The normalized spacial score (nSPS) is 13.0. The second-order valence-electron chi connectivity index (χ2n) is 5.68. The topological polar surface area (TPSA) is 133 Å². The molecule has 0 saturated carbocycles. The first-order valence-corrected chi connectivity index (χ1v) is 7.84. The molecule has 1 aromatic carbocycles. The Morgan fingerprint density at radius 1 is 1.15 bits per heavy atom. The Balaban J connectivity index is 1.88. The number of hydrogen-bond acceptors (Lipinski definition) is 7. The van der Waals surface area contributed by atoms with Gasteiger partial charge in [-0.1, -0.05) is 13.0 Å². The summed E-state index contributed by atoms with van der Waals surface area (Å²) in [7, 11) is 0. The highest BCUT2D eigenvalue weighted by atomic mass is 16.4. The molecule has 130 valence electrons. The molecular weight excluding hydrogens is 338 g/mol. The highest BCUT2D eigenvalue weighted by Gasteiger charge is 2.31. The van der Waals surface area contributed by atoms with Gasteiger partial charge in [-0.15, -0.1) is 10.2 Å². The lowest BCUT2D eigenvalue weighted by Crippen LogP contribution is -2.24. The molecule has 0 radical (unpaired) electrons. The number of pyridine rings is 1. The monoisotopic (exact) mass is 351 g/mol. The van der Waals surface area contributed by atoms with Gasteiger partial charge in [-0.25, -0.2) is 0 Å². The predicted molar refractivity (Wildman–Crippen MR) is 90.9 cm³/mol. The molecule has 26 heavy (non-hydrogen) atoms. The second kappa shape index (κ2) is 5.66. The third kappa shape index (κ3) is 2.29. The number of carbonyl (C=O) groups is 2. The summed E-state index contributed by atoms with van der Waals surface area (Å²) in [6, 6.07) is 7.85. The van der Waals surface area contributed by atoms with Crippen molar-refractivity contribution in [2.75, 3.05) is 5.73 Å². The van der Waals surface area contributed by atoms with Crippen LogP contribution in [0.2, 0.25) is 0 Å². The van der Waals surface area contributed by atoms with Crippen molar-refractivity contribution in [3.05, 3.63) is 57.7 Å². The van der Waals surface area contributed by atoms with Crippen LogP contribution < -0.4 is 16.6 Å². The van der Waals surface area contributed by atoms with E-state index in [9.17, 15) is 14.4 Å². The van der Waals surface area contributed by atoms with Gasteiger partial charge in [-0.2, -0.15) is 0 Å². The maximum atomic E-state index is 12.5. The summed E-state index contributed by atoms with van der Waals surface area (Å²) in [5.41, 5.74) is 6.49. The molecular formula is C17H13N5O4. The largest absolute Gasteiger partial charge is 0.421 e. The van der Waals surface area contributed by atoms with Gasteiger partial charge in [0.1, 0.15) is 5.82 Å². The SMILES string of the molecule is CCc1nnc(-c2cccc(-n3c(N)c4c(cc3=O)C(=O)NC4=O)c2)o1. The molecule has 0 fully saturated rings. The fourth-order valence-electron chi connectivity index (χ4n) is 2.84. The zero-order valence-corrected chi connectivity index (χ0v) is 13.6. The van der Waals surface area contributed by atoms with Crippen LogP contribution >= 0.6 is 0 Å². The van der Waals surface area contributed by atoms with E-state index in [0.717, 1.165) is 10.6 Å². The van der Waals surface area contributed by atoms with E-state index in [2.05, 4.69) is 15.5 Å². The maximum absolute atomic E-state index is 12.5. The number of nitrogens with one attached hydrogen (secondary N) is 1. The molecule has 2 aromatic heterocycles. The average molecular weight is 351 g/mol. The van der Waals surface area contributed by atoms with Crippen molar-refractivity contribution < 1.29 is 14.0 Å². The minimum atomic E-state index is -0.632. The summed E-state index contributed by atoms with van der Waals surface area (Å²) < 4.78 is 6.69. The van der Waals surface area contributed by atoms with Crippen molar-refractivity contribution in [1.29, 1.82) is 0 Å². The summed E-state index contributed by atoms with van der Waals surface area (Å²) >= 11 is 0. The molecule has 0 bridgehead atoms. The van der Waals surface area contributed by atoms with Crippen LogP contribution in [0.5, 0.6) is 0 Å². The number of fused-ring (bicyclic) bond motifs is 1. The van der Waals surface area contributed by atoms with Crippen molar-refractivity contribution in [2.45, 2.75) is 13.3 Å². The molecule has 0 spiro atoms. The van der Waals surface area contributed by atoms with E-state index >= 15 is 0 Å². The molecule has 9 nitrogen and oxygen atoms in total. The van der Waals surface area contributed by atoms with Gasteiger partial charge in [0.05, 0.1) is 16.8 Å². The van der Waals surface area contributed by atoms with Crippen LogP contribution in [0.25, 0.3) is 17.1 Å². The number of nitrogen functional groups attached to an aromatic ring is 1. The van der Waals surface area contributed by atoms with Crippen molar-refractivity contribution >= 4 is 17.6 Å². The smallest absolute Gasteiger partial charge is 0.262 e. The molecule has 0 unspecified atom stereocenters. The molecule has 0 aliphatic carbocycles. The Bertz CT molecular complexity index is 1130. The Morgan fingerprint density at radius 3 is 2.69 bits per heavy atom. The van der Waals surface area contributed by atoms with Crippen LogP contribution in [0, 0.1) is 0 Å². The predicted octanol–water partition coefficient (Wildman–Crippen LogP) is 0.916. The highest BCUT2D eigenvalue weighted by Crippen LogP contribution is 2.25. The maximum Gasteiger partial charge on any atom is 0.262 e. The molecule has 0 atom stereocenters. The number of carbonyl (C=O) groups excluding carboxylic acids is 2. The first-order valence-electron chi connectivity index (χ1n) is 7.84. The number of imide groups is 1. The number of nitrogens with two attached hydrogens (primary N) is 1. The van der Waals surface area contributed by atoms with Crippen molar-refractivity contribution in [3.8, 4) is 17.1 Å². The zero-order chi connectivity index (χ0) is 18.4. The number of aromatic nitrogens is 3. The lowest BCUT2D eigenvalue weighted by Gasteiger charge is -2.12. The quantitative estimate of drug-likeness (QED) is 0.670. The van der Waals surface area contributed by atoms with E-state index in [1.165, 1.54) is 0 Å². The molecule has 0 saturated heterocycles. The van der Waals surface area contributed by atoms with Crippen LogP contribution in [0.1, 0.15) is 33.5 Å². The van der Waals surface area contributed by atoms with Crippen LogP contribution in [0.15, 0.2) is 39.5 Å². The van der Waals surface area contributed by atoms with E-state index in [-0.39, 0.29) is 16.9 Å². The molecule has 3 N–H and O–H groups in total. The van der Waals surface area contributed by atoms with Gasteiger partial charge >= 0.3 is 0 Å². The number of hydrogen-bond donors (Lipinski definition) is 2. The molecule has 1 aliphatic heterocycles. The molecule has 3 aromatic rings. The van der Waals surface area contributed by atoms with Gasteiger partial charge in [-0.05, 0) is 18.2 Å². The van der Waals surface area contributed by atoms with Crippen LogP contribution in [0.4, 0.5) is 5.82 Å². The number of nitrogens with zero attached hydrogens (tertiary/aromatic N) is 3. The summed E-state index contributed by atoms with van der Waals surface area (Å²) in [5.74, 6) is -0.559. The Labute approximate surface area is 146 Å². The standard InChI is InChI=1S/C17H13N5O4/c1-2-11-20-21-17(26-11)8-4-3-5-9(6-8)22-12(23)7-10-13(14(22)18)16(25)19-15(10)24/h3-7H,2,18H2,1H3,(H,19,24,25). The molecule has 9 heteroatoms. The summed E-state index contributed by atoms with van der Waals surface area (Å²) in [6.07, 6.45) is 0.604. The average Bonchev–Trinajstić information content (AvgIpc) is 3.20. The number of anilines is 1. The van der Waals surface area contributed by atoms with Crippen molar-refractivity contribution in [3.63, 3.8) is 0 Å². The number of rotatable bonds is 3. The third-order valence-electron chi connectivity index (χ3n) is 4.07. The lowest BCUT2D eigenvalue weighted by molar-refractivity contribution is 0.0880. The summed E-state index contributed by atoms with van der Waals surface area (Å²) in [6.45, 7) is 1.89. The molecule has 3 heterocycles. The van der Waals surface area contributed by atoms with Gasteiger partial charge in [0, 0.05) is 18.1 Å². The van der Waals surface area contributed by atoms with Gasteiger partial charge in [-0.3, -0.25) is 24.3 Å². The van der Waals surface area contributed by atoms with Gasteiger partial charge in [0.25, 0.3) is 17.4 Å². The van der Waals surface area contributed by atoms with Crippen LogP contribution in [-0.4, -0.2) is 26.6 Å². The number of benzene rings is 1. The van der Waals surface area contributed by atoms with E-state index < -0.39 is 17.4 Å². The van der Waals surface area contributed by atoms with Crippen molar-refractivity contribution in [2.24, 2.45) is 0 Å². The minimum absolute atomic E-state index is 0.00828. The van der Waals surface area contributed by atoms with Gasteiger partial charge in [0.15, 0.2) is 0 Å². The van der Waals surface area contributed by atoms with Gasteiger partial charge < -0.3 is 10.2 Å². The fraction of sp³-hybridized carbons (Fsp3) is 0.118. The second-order valence-corrected chi connectivity index (χ2v) is 5.68. The zero-order valence-electron chi connectivity index (χ0n) is 13.6. The molecule has 1 aliphatic rings. The lowest BCUT2D eigenvalue weighted by atomic mass is 10.1. The van der Waals surface area contributed by atoms with E-state index in [4.69, 9.17) is 10.2 Å². The summed E-state index contributed by atoms with van der Waals surface area (Å²) in [5, 5.41) is 10.0. The molecule has 2 amide bonds. The Morgan fingerprint density at radius 2 is 1.96 bits per heavy atom. The first-order chi connectivity index (χ1) is 12.5. The van der Waals surface area contributed by atoms with Crippen LogP contribution in [0.3, 0.4) is 0 Å². The van der Waals surface area contributed by atoms with E-state index in [1.807, 2.05) is 6.92 Å². The molecule has 4 rings (SSSR count). The Hall–Kier alpha value is -3.75. The first kappa shape index (κ1) is 15.8. The van der Waals surface area contributed by atoms with E-state index in [1.54, 1.807) is 24.3 Å². The number of amides is 2.